The summed E-state index contributed by atoms with van der Waals surface area (Å²) >= 11 is 7.15. The smallest absolute Gasteiger partial charge is 0.338 e. The highest BCUT2D eigenvalue weighted by molar-refractivity contribution is 7.07. The van der Waals surface area contributed by atoms with E-state index in [0.717, 1.165) is 5.56 Å². The van der Waals surface area contributed by atoms with Crippen LogP contribution in [0.25, 0.3) is 17.4 Å². The lowest BCUT2D eigenvalue weighted by molar-refractivity contribution is -0.136. The van der Waals surface area contributed by atoms with Crippen LogP contribution in [0.5, 0.6) is 0 Å². The molecule has 0 amide bonds. The molecule has 1 N–H and O–H groups in total. The number of carboxylic acids is 1. The number of esters is 1. The molecule has 1 atom stereocenters. The van der Waals surface area contributed by atoms with E-state index >= 15 is 0 Å². The van der Waals surface area contributed by atoms with E-state index in [1.807, 2.05) is 30.3 Å². The zero-order valence-electron chi connectivity index (χ0n) is 19.6. The number of fused-ring (bicyclic) bond motifs is 1. The van der Waals surface area contributed by atoms with Crippen LogP contribution in [-0.4, -0.2) is 28.7 Å². The molecule has 5 rings (SSSR count). The van der Waals surface area contributed by atoms with Crippen LogP contribution in [-0.2, 0) is 9.53 Å². The summed E-state index contributed by atoms with van der Waals surface area (Å²) < 4.78 is 12.8. The van der Waals surface area contributed by atoms with Gasteiger partial charge in [0.2, 0.25) is 0 Å². The molecule has 0 radical (unpaired) electrons. The molecule has 0 aliphatic carbocycles. The van der Waals surface area contributed by atoms with E-state index in [1.165, 1.54) is 35.1 Å². The number of methoxy groups -OCH3 is 1. The molecule has 4 aromatic rings. The first-order chi connectivity index (χ1) is 17.8. The molecule has 186 valence electrons. The van der Waals surface area contributed by atoms with Gasteiger partial charge in [0.1, 0.15) is 11.5 Å². The molecule has 0 fully saturated rings. The Bertz CT molecular complexity index is 1760. The lowest BCUT2D eigenvalue weighted by Crippen LogP contribution is -2.39. The number of nitrogens with zero attached hydrogens (tertiary/aromatic N) is 2. The number of ether oxygens (including phenoxy) is 1. The fourth-order valence-corrected chi connectivity index (χ4v) is 5.43. The van der Waals surface area contributed by atoms with Crippen LogP contribution in [0.15, 0.2) is 86.1 Å². The summed E-state index contributed by atoms with van der Waals surface area (Å²) in [5.74, 6) is -0.880. The third kappa shape index (κ3) is 4.43. The molecule has 1 aliphatic heterocycles. The van der Waals surface area contributed by atoms with Crippen molar-refractivity contribution in [1.29, 1.82) is 0 Å². The van der Waals surface area contributed by atoms with Crippen LogP contribution in [0.1, 0.15) is 34.6 Å². The Morgan fingerprint density at radius 2 is 1.92 bits per heavy atom. The number of benzene rings is 2. The molecule has 1 aliphatic rings. The Morgan fingerprint density at radius 1 is 1.16 bits per heavy atom. The molecule has 3 heterocycles. The molecule has 10 heteroatoms. The number of halogens is 1. The minimum absolute atomic E-state index is 0.0388. The highest BCUT2D eigenvalue weighted by Crippen LogP contribution is 2.30. The first kappa shape index (κ1) is 24.5. The number of furan rings is 1. The van der Waals surface area contributed by atoms with E-state index < -0.39 is 18.0 Å². The molecule has 2 aromatic carbocycles. The van der Waals surface area contributed by atoms with E-state index in [2.05, 4.69) is 4.99 Å². The number of hydrogen-bond donors (Lipinski definition) is 1. The predicted molar refractivity (Wildman–Crippen MR) is 138 cm³/mol. The third-order valence-electron chi connectivity index (χ3n) is 5.92. The van der Waals surface area contributed by atoms with Crippen molar-refractivity contribution >= 4 is 41.0 Å². The predicted octanol–water partition coefficient (Wildman–Crippen LogP) is 4.02. The summed E-state index contributed by atoms with van der Waals surface area (Å²) in [6, 6.07) is 16.5. The number of aromatic nitrogens is 1. The lowest BCUT2D eigenvalue weighted by Gasteiger charge is -2.24. The summed E-state index contributed by atoms with van der Waals surface area (Å²) in [6.45, 7) is 1.72. The van der Waals surface area contributed by atoms with Crippen molar-refractivity contribution in [3.8, 4) is 11.3 Å². The highest BCUT2D eigenvalue weighted by Gasteiger charge is 2.32. The first-order valence-electron chi connectivity index (χ1n) is 11.1. The largest absolute Gasteiger partial charge is 0.478 e. The van der Waals surface area contributed by atoms with Gasteiger partial charge in [0.15, 0.2) is 4.80 Å². The standard InChI is InChI=1S/C27H19ClN2O6S/c1-14-22(26(34)35-2)23(15-6-4-3-5-7-15)30-24(31)21(37-27(30)29-14)13-17-9-11-20(36-17)16-8-10-19(28)18(12-16)25(32)33/h3-13,23H,1-2H3,(H,32,33). The number of thiazole rings is 1. The van der Waals surface area contributed by atoms with Crippen molar-refractivity contribution in [2.45, 2.75) is 13.0 Å². The van der Waals surface area contributed by atoms with Crippen molar-refractivity contribution in [1.82, 2.24) is 4.57 Å². The molecule has 2 aromatic heterocycles. The second-order valence-electron chi connectivity index (χ2n) is 8.19. The lowest BCUT2D eigenvalue weighted by atomic mass is 9.96. The van der Waals surface area contributed by atoms with Crippen molar-refractivity contribution in [2.24, 2.45) is 4.99 Å². The SMILES string of the molecule is COC(=O)C1=C(C)N=c2sc(=Cc3ccc(-c4ccc(Cl)c(C(=O)O)c4)o3)c(=O)n2C1c1ccccc1. The quantitative estimate of drug-likeness (QED) is 0.387. The van der Waals surface area contributed by atoms with Crippen LogP contribution in [0.4, 0.5) is 0 Å². The van der Waals surface area contributed by atoms with Crippen LogP contribution in [0, 0.1) is 0 Å². The minimum atomic E-state index is -1.14. The van der Waals surface area contributed by atoms with Gasteiger partial charge < -0.3 is 14.3 Å². The summed E-state index contributed by atoms with van der Waals surface area (Å²) in [4.78, 5) is 42.7. The Morgan fingerprint density at radius 3 is 2.62 bits per heavy atom. The van der Waals surface area contributed by atoms with Gasteiger partial charge in [0, 0.05) is 11.6 Å². The van der Waals surface area contributed by atoms with E-state index in [9.17, 15) is 19.5 Å². The number of aromatic carboxylic acids is 1. The number of allylic oxidation sites excluding steroid dienone is 1. The van der Waals surface area contributed by atoms with Gasteiger partial charge in [-0.1, -0.05) is 53.3 Å². The van der Waals surface area contributed by atoms with Gasteiger partial charge in [0.05, 0.1) is 39.5 Å². The molecule has 0 saturated heterocycles. The molecule has 0 saturated carbocycles. The van der Waals surface area contributed by atoms with E-state index in [1.54, 1.807) is 31.2 Å². The fraction of sp³-hybridized carbons (Fsp3) is 0.111. The summed E-state index contributed by atoms with van der Waals surface area (Å²) in [5.41, 5.74) is 1.69. The van der Waals surface area contributed by atoms with Gasteiger partial charge in [-0.05, 0) is 42.8 Å². The maximum absolute atomic E-state index is 13.6. The molecule has 37 heavy (non-hydrogen) atoms. The van der Waals surface area contributed by atoms with Gasteiger partial charge in [0.25, 0.3) is 5.56 Å². The molecule has 8 nitrogen and oxygen atoms in total. The topological polar surface area (TPSA) is 111 Å². The number of rotatable bonds is 5. The van der Waals surface area contributed by atoms with Gasteiger partial charge in [-0.15, -0.1) is 0 Å². The number of carboxylic acid groups (broad SMARTS) is 1. The van der Waals surface area contributed by atoms with Gasteiger partial charge in [-0.25, -0.2) is 14.6 Å². The monoisotopic (exact) mass is 534 g/mol. The minimum Gasteiger partial charge on any atom is -0.478 e. The van der Waals surface area contributed by atoms with Gasteiger partial charge in [-0.3, -0.25) is 9.36 Å². The summed E-state index contributed by atoms with van der Waals surface area (Å²) in [7, 11) is 1.30. The Hall–Kier alpha value is -4.21. The average molecular weight is 535 g/mol. The first-order valence-corrected chi connectivity index (χ1v) is 12.3. The maximum Gasteiger partial charge on any atom is 0.338 e. The van der Waals surface area contributed by atoms with Crippen LogP contribution >= 0.6 is 22.9 Å². The molecule has 1 unspecified atom stereocenters. The van der Waals surface area contributed by atoms with Crippen molar-refractivity contribution in [3.63, 3.8) is 0 Å². The number of carbonyl (C=O) groups excluding carboxylic acids is 1. The normalized spacial score (nSPS) is 15.3. The van der Waals surface area contributed by atoms with E-state index in [0.29, 0.717) is 37.7 Å². The van der Waals surface area contributed by atoms with Crippen LogP contribution in [0.3, 0.4) is 0 Å². The maximum atomic E-state index is 13.6. The summed E-state index contributed by atoms with van der Waals surface area (Å²) in [5, 5.41) is 9.46. The zero-order chi connectivity index (χ0) is 26.3. The van der Waals surface area contributed by atoms with E-state index in [4.69, 9.17) is 20.8 Å². The van der Waals surface area contributed by atoms with Crippen LogP contribution in [0.2, 0.25) is 5.02 Å². The number of hydrogen-bond acceptors (Lipinski definition) is 7. The fourth-order valence-electron chi connectivity index (χ4n) is 4.20. The summed E-state index contributed by atoms with van der Waals surface area (Å²) in [6.07, 6.45) is 1.60. The average Bonchev–Trinajstić information content (AvgIpc) is 3.48. The van der Waals surface area contributed by atoms with Gasteiger partial charge >= 0.3 is 11.9 Å². The second kappa shape index (κ2) is 9.68. The highest BCUT2D eigenvalue weighted by atomic mass is 35.5. The van der Waals surface area contributed by atoms with E-state index in [-0.39, 0.29) is 16.1 Å². The Balaban J connectivity index is 1.61. The third-order valence-corrected chi connectivity index (χ3v) is 7.24. The second-order valence-corrected chi connectivity index (χ2v) is 9.60. The molecule has 0 bridgehead atoms. The van der Waals surface area contributed by atoms with Crippen molar-refractivity contribution < 1.29 is 23.8 Å². The molecule has 0 spiro atoms. The number of carbonyl (C=O) groups is 2. The Labute approximate surface area is 219 Å². The molecular formula is C27H19ClN2O6S. The zero-order valence-corrected chi connectivity index (χ0v) is 21.2. The van der Waals surface area contributed by atoms with Crippen LogP contribution < -0.4 is 14.9 Å². The van der Waals surface area contributed by atoms with Gasteiger partial charge in [-0.2, -0.15) is 0 Å². The Kier molecular flexibility index (Phi) is 6.41. The van der Waals surface area contributed by atoms with Crippen molar-refractivity contribution in [3.05, 3.63) is 114 Å². The van der Waals surface area contributed by atoms with Crippen molar-refractivity contribution in [2.75, 3.05) is 7.11 Å². The molecular weight excluding hydrogens is 516 g/mol.